The molecule has 0 aliphatic carbocycles. The van der Waals surface area contributed by atoms with E-state index in [4.69, 9.17) is 9.52 Å². The first kappa shape index (κ1) is 15.4. The number of nitrogens with one attached hydrogen (secondary N) is 1. The van der Waals surface area contributed by atoms with E-state index in [0.29, 0.717) is 12.1 Å². The van der Waals surface area contributed by atoms with Crippen molar-refractivity contribution in [2.24, 2.45) is 0 Å². The topological polar surface area (TPSA) is 79.5 Å². The van der Waals surface area contributed by atoms with Gasteiger partial charge in [-0.15, -0.1) is 0 Å². The van der Waals surface area contributed by atoms with Crippen LogP contribution in [0.2, 0.25) is 0 Å². The second-order valence-corrected chi connectivity index (χ2v) is 7.84. The molecule has 0 fully saturated rings. The fourth-order valence-electron chi connectivity index (χ4n) is 3.07. The van der Waals surface area contributed by atoms with Gasteiger partial charge in [0.2, 0.25) is 9.84 Å². The molecule has 4 rings (SSSR count). The molecule has 0 radical (unpaired) electrons. The molecule has 0 spiro atoms. The van der Waals surface area contributed by atoms with E-state index in [9.17, 15) is 8.42 Å². The third kappa shape index (κ3) is 2.43. The van der Waals surface area contributed by atoms with E-state index in [-0.39, 0.29) is 16.4 Å². The highest BCUT2D eigenvalue weighted by Gasteiger charge is 2.22. The Kier molecular flexibility index (Phi) is 3.68. The van der Waals surface area contributed by atoms with Crippen LogP contribution in [0.4, 0.5) is 0 Å². The Bertz CT molecular complexity index is 1000. The lowest BCUT2D eigenvalue weighted by molar-refractivity contribution is 0.282. The maximum atomic E-state index is 12.9. The number of fused-ring (bicyclic) bond motifs is 3. The predicted molar refractivity (Wildman–Crippen MR) is 89.4 cm³/mol. The summed E-state index contributed by atoms with van der Waals surface area (Å²) in [6.07, 6.45) is 0.814. The Balaban J connectivity index is 1.82. The Labute approximate surface area is 139 Å². The van der Waals surface area contributed by atoms with Gasteiger partial charge in [0.05, 0.1) is 16.4 Å². The fourth-order valence-corrected chi connectivity index (χ4v) is 4.35. The van der Waals surface area contributed by atoms with Crippen molar-refractivity contribution in [3.63, 3.8) is 0 Å². The minimum absolute atomic E-state index is 0.111. The summed E-state index contributed by atoms with van der Waals surface area (Å²) in [6, 6.07) is 11.3. The van der Waals surface area contributed by atoms with Crippen molar-refractivity contribution < 1.29 is 17.9 Å². The van der Waals surface area contributed by atoms with Crippen LogP contribution in [0.5, 0.6) is 0 Å². The van der Waals surface area contributed by atoms with E-state index in [1.54, 1.807) is 30.3 Å². The third-order valence-electron chi connectivity index (χ3n) is 4.40. The van der Waals surface area contributed by atoms with E-state index in [1.807, 2.05) is 0 Å². The maximum absolute atomic E-state index is 12.9. The first-order valence-corrected chi connectivity index (χ1v) is 9.28. The predicted octanol–water partition coefficient (Wildman–Crippen LogP) is 2.40. The Morgan fingerprint density at radius 2 is 1.83 bits per heavy atom. The minimum atomic E-state index is -3.60. The molecule has 3 aromatic rings. The third-order valence-corrected chi connectivity index (χ3v) is 6.17. The second kappa shape index (κ2) is 5.73. The van der Waals surface area contributed by atoms with Gasteiger partial charge in [-0.3, -0.25) is 0 Å². The summed E-state index contributed by atoms with van der Waals surface area (Å²) >= 11 is 0. The summed E-state index contributed by atoms with van der Waals surface area (Å²) < 4.78 is 31.5. The molecule has 1 aliphatic heterocycles. The highest BCUT2D eigenvalue weighted by Crippen LogP contribution is 2.31. The lowest BCUT2D eigenvalue weighted by Gasteiger charge is -2.11. The number of aliphatic hydroxyl groups excluding tert-OH is 1. The summed E-state index contributed by atoms with van der Waals surface area (Å²) in [5.74, 6) is 0.936. The van der Waals surface area contributed by atoms with Crippen molar-refractivity contribution in [1.29, 1.82) is 0 Å². The lowest BCUT2D eigenvalue weighted by Crippen LogP contribution is -2.22. The van der Waals surface area contributed by atoms with Crippen LogP contribution in [0.25, 0.3) is 11.0 Å². The van der Waals surface area contributed by atoms with Gasteiger partial charge in [-0.1, -0.05) is 12.1 Å². The van der Waals surface area contributed by atoms with Gasteiger partial charge in [-0.05, 0) is 35.9 Å². The van der Waals surface area contributed by atoms with Gasteiger partial charge in [-0.25, -0.2) is 8.42 Å². The first-order chi connectivity index (χ1) is 11.6. The maximum Gasteiger partial charge on any atom is 0.206 e. The Hall–Kier alpha value is -2.15. The summed E-state index contributed by atoms with van der Waals surface area (Å²) in [5.41, 5.74) is 2.45. The molecule has 0 saturated carbocycles. The van der Waals surface area contributed by atoms with E-state index in [1.165, 1.54) is 12.1 Å². The van der Waals surface area contributed by atoms with E-state index in [0.717, 1.165) is 35.3 Å². The van der Waals surface area contributed by atoms with Crippen molar-refractivity contribution in [2.75, 3.05) is 6.54 Å². The number of hydrogen-bond acceptors (Lipinski definition) is 5. The van der Waals surface area contributed by atoms with Crippen LogP contribution < -0.4 is 5.32 Å². The molecule has 24 heavy (non-hydrogen) atoms. The van der Waals surface area contributed by atoms with Crippen molar-refractivity contribution in [1.82, 2.24) is 5.32 Å². The average molecular weight is 343 g/mol. The van der Waals surface area contributed by atoms with Crippen LogP contribution in [0.1, 0.15) is 16.9 Å². The molecule has 2 aromatic carbocycles. The van der Waals surface area contributed by atoms with Gasteiger partial charge in [0.1, 0.15) is 11.3 Å². The normalized spacial score (nSPS) is 14.7. The number of benzene rings is 2. The number of aliphatic hydroxyl groups is 1. The van der Waals surface area contributed by atoms with E-state index in [2.05, 4.69) is 5.32 Å². The molecule has 1 aliphatic rings. The molecule has 0 atom stereocenters. The largest absolute Gasteiger partial charge is 0.461 e. The van der Waals surface area contributed by atoms with Gasteiger partial charge in [-0.2, -0.15) is 0 Å². The van der Waals surface area contributed by atoms with Crippen LogP contribution in [0, 0.1) is 0 Å². The van der Waals surface area contributed by atoms with E-state index >= 15 is 0 Å². The smallest absolute Gasteiger partial charge is 0.206 e. The monoisotopic (exact) mass is 343 g/mol. The summed E-state index contributed by atoms with van der Waals surface area (Å²) in [7, 11) is -3.60. The zero-order valence-electron chi connectivity index (χ0n) is 13.0. The molecular weight excluding hydrogens is 326 g/mol. The molecule has 0 amide bonds. The van der Waals surface area contributed by atoms with Crippen LogP contribution in [0.3, 0.4) is 0 Å². The quantitative estimate of drug-likeness (QED) is 0.763. The Morgan fingerprint density at radius 1 is 1.08 bits per heavy atom. The van der Waals surface area contributed by atoms with E-state index < -0.39 is 9.84 Å². The minimum Gasteiger partial charge on any atom is -0.461 e. The molecule has 2 N–H and O–H groups in total. The summed E-state index contributed by atoms with van der Waals surface area (Å²) in [5, 5.41) is 13.2. The number of sulfone groups is 1. The molecule has 0 unspecified atom stereocenters. The van der Waals surface area contributed by atoms with Crippen LogP contribution in [-0.2, 0) is 29.4 Å². The molecule has 124 valence electrons. The number of rotatable bonds is 3. The molecule has 0 saturated heterocycles. The van der Waals surface area contributed by atoms with Gasteiger partial charge in [0, 0.05) is 30.5 Å². The zero-order valence-corrected chi connectivity index (χ0v) is 13.8. The van der Waals surface area contributed by atoms with Gasteiger partial charge >= 0.3 is 0 Å². The van der Waals surface area contributed by atoms with Crippen molar-refractivity contribution >= 4 is 20.8 Å². The van der Waals surface area contributed by atoms with Crippen LogP contribution in [-0.4, -0.2) is 20.1 Å². The van der Waals surface area contributed by atoms with Crippen LogP contribution >= 0.6 is 0 Å². The standard InChI is InChI=1S/C18H17NO4S/c20-11-12-1-3-13(4-2-12)24(21,22)14-5-6-17-15(9-14)16-10-19-8-7-18(16)23-17/h1-6,9,19-20H,7-8,10-11H2. The average Bonchev–Trinajstić information content (AvgIpc) is 2.99. The molecule has 2 heterocycles. The second-order valence-electron chi connectivity index (χ2n) is 5.89. The summed E-state index contributed by atoms with van der Waals surface area (Å²) in [6.45, 7) is 1.45. The number of hydrogen-bond donors (Lipinski definition) is 2. The van der Waals surface area contributed by atoms with Crippen molar-refractivity contribution in [3.05, 3.63) is 59.4 Å². The van der Waals surface area contributed by atoms with Crippen molar-refractivity contribution in [2.45, 2.75) is 29.4 Å². The molecular formula is C18H17NO4S. The summed E-state index contributed by atoms with van der Waals surface area (Å²) in [4.78, 5) is 0.468. The highest BCUT2D eigenvalue weighted by atomic mass is 32.2. The first-order valence-electron chi connectivity index (χ1n) is 7.79. The zero-order chi connectivity index (χ0) is 16.7. The van der Waals surface area contributed by atoms with Gasteiger partial charge in [0.25, 0.3) is 0 Å². The number of furan rings is 1. The lowest BCUT2D eigenvalue weighted by atomic mass is 10.1. The fraction of sp³-hybridized carbons (Fsp3) is 0.222. The van der Waals surface area contributed by atoms with Gasteiger partial charge < -0.3 is 14.8 Å². The SMILES string of the molecule is O=S(=O)(c1ccc(CO)cc1)c1ccc2oc3c(c2c1)CNCC3. The Morgan fingerprint density at radius 3 is 2.58 bits per heavy atom. The van der Waals surface area contributed by atoms with Crippen LogP contribution in [0.15, 0.2) is 56.7 Å². The highest BCUT2D eigenvalue weighted by molar-refractivity contribution is 7.91. The van der Waals surface area contributed by atoms with Gasteiger partial charge in [0.15, 0.2) is 0 Å². The van der Waals surface area contributed by atoms with Crippen molar-refractivity contribution in [3.8, 4) is 0 Å². The molecule has 5 nitrogen and oxygen atoms in total. The molecule has 1 aromatic heterocycles. The molecule has 0 bridgehead atoms. The molecule has 6 heteroatoms.